The van der Waals surface area contributed by atoms with E-state index in [2.05, 4.69) is 64.6 Å². The molecule has 0 saturated carbocycles. The van der Waals surface area contributed by atoms with Crippen molar-refractivity contribution in [2.45, 2.75) is 78.8 Å². The molecule has 0 aliphatic heterocycles. The smallest absolute Gasteiger partial charge is 1.00 e. The molecule has 5 heteroatoms. The van der Waals surface area contributed by atoms with Crippen LogP contribution in [0.5, 0.6) is 0 Å². The average molecular weight is 480 g/mol. The Hall–Kier alpha value is 0.501. The summed E-state index contributed by atoms with van der Waals surface area (Å²) in [6.45, 7) is 11.7. The average Bonchev–Trinajstić information content (AvgIpc) is 2.98. The Morgan fingerprint density at radius 1 is 0.926 bits per heavy atom. The molecule has 0 bridgehead atoms. The Bertz CT molecular complexity index is 593. The molecule has 27 heavy (non-hydrogen) atoms. The maximum Gasteiger partial charge on any atom is 4.00 e. The molecule has 1 atom stereocenters. The van der Waals surface area contributed by atoms with Gasteiger partial charge in [-0.1, -0.05) is 93.1 Å². The van der Waals surface area contributed by atoms with Crippen LogP contribution in [0.25, 0.3) is 0 Å². The van der Waals surface area contributed by atoms with Gasteiger partial charge in [0.15, 0.2) is 0 Å². The van der Waals surface area contributed by atoms with Crippen LogP contribution >= 0.6 is 0 Å². The van der Waals surface area contributed by atoms with Crippen LogP contribution < -0.4 is 42.4 Å². The Balaban J connectivity index is -0.00000144. The van der Waals surface area contributed by atoms with Gasteiger partial charge in [-0.15, -0.1) is 6.42 Å². The van der Waals surface area contributed by atoms with Gasteiger partial charge in [0.25, 0.3) is 0 Å². The molecule has 0 spiro atoms. The van der Waals surface area contributed by atoms with Crippen molar-refractivity contribution in [1.82, 2.24) is 0 Å². The minimum atomic E-state index is -1.63. The summed E-state index contributed by atoms with van der Waals surface area (Å²) in [6.07, 6.45) is 13.6. The maximum absolute atomic E-state index is 3.68. The van der Waals surface area contributed by atoms with Crippen molar-refractivity contribution in [3.05, 3.63) is 52.2 Å². The molecule has 0 N–H and O–H groups in total. The van der Waals surface area contributed by atoms with Crippen molar-refractivity contribution in [2.75, 3.05) is 0 Å². The number of hydrogen-bond acceptors (Lipinski definition) is 0. The second-order valence-corrected chi connectivity index (χ2v) is 11.7. The fourth-order valence-corrected chi connectivity index (χ4v) is 8.34. The summed E-state index contributed by atoms with van der Waals surface area (Å²) < 4.78 is 0. The zero-order chi connectivity index (χ0) is 16.9. The van der Waals surface area contributed by atoms with Gasteiger partial charge in [-0.05, 0) is 13.8 Å². The fourth-order valence-electron chi connectivity index (χ4n) is 3.89. The molecule has 0 amide bonds. The fraction of sp³-hybridized carbons (Fsp3) is 0.545. The normalized spacial score (nSPS) is 14.4. The van der Waals surface area contributed by atoms with Crippen molar-refractivity contribution >= 4 is 13.3 Å². The minimum absolute atomic E-state index is 0. The van der Waals surface area contributed by atoms with Crippen LogP contribution in [0.1, 0.15) is 63.5 Å². The molecular formula is C22H33Cl3SiTi. The summed E-state index contributed by atoms with van der Waals surface area (Å²) in [5, 5.41) is 3.33. The summed E-state index contributed by atoms with van der Waals surface area (Å²) in [6, 6.07) is 8.60. The molecule has 0 aromatic heterocycles. The summed E-state index contributed by atoms with van der Waals surface area (Å²) in [5.41, 5.74) is 4.38. The van der Waals surface area contributed by atoms with E-state index in [4.69, 9.17) is 0 Å². The standard InChI is InChI=1S/C22H33Si.3ClH.Ti/c1-6-8-11-20-12-10-13-22(20)23(5,14-9-7-2)21-16-18(3)15-19(4)17-21;;;;/h13,15-17H,6-11,14H2,1-5H3;3*1H;/q-1;;;;+4/p-3. The van der Waals surface area contributed by atoms with Crippen LogP contribution in [-0.4, -0.2) is 8.07 Å². The molecule has 0 fully saturated rings. The van der Waals surface area contributed by atoms with Gasteiger partial charge >= 0.3 is 21.7 Å². The maximum atomic E-state index is 3.68. The van der Waals surface area contributed by atoms with Gasteiger partial charge < -0.3 is 37.2 Å². The number of unbranched alkanes of at least 4 members (excludes halogenated alkanes) is 2. The largest absolute Gasteiger partial charge is 4.00 e. The van der Waals surface area contributed by atoms with E-state index in [0.29, 0.717) is 0 Å². The van der Waals surface area contributed by atoms with Gasteiger partial charge in [0.05, 0.1) is 0 Å². The van der Waals surface area contributed by atoms with Crippen molar-refractivity contribution in [3.8, 4) is 0 Å². The van der Waals surface area contributed by atoms with E-state index in [1.807, 2.05) is 0 Å². The van der Waals surface area contributed by atoms with Gasteiger partial charge in [0, 0.05) is 8.07 Å². The summed E-state index contributed by atoms with van der Waals surface area (Å²) in [7, 11) is -1.63. The zero-order valence-corrected chi connectivity index (χ0v) is 22.2. The molecule has 2 rings (SSSR count). The van der Waals surface area contributed by atoms with Gasteiger partial charge in [-0.3, -0.25) is 6.08 Å². The van der Waals surface area contributed by atoms with Crippen LogP contribution in [0.4, 0.5) is 0 Å². The molecule has 150 valence electrons. The van der Waals surface area contributed by atoms with Crippen molar-refractivity contribution in [3.63, 3.8) is 0 Å². The topological polar surface area (TPSA) is 0 Å². The van der Waals surface area contributed by atoms with Gasteiger partial charge in [-0.25, -0.2) is 5.57 Å². The first-order valence-electron chi connectivity index (χ1n) is 9.40. The summed E-state index contributed by atoms with van der Waals surface area (Å²) >= 11 is 0. The molecule has 0 heterocycles. The van der Waals surface area contributed by atoms with Crippen LogP contribution in [0, 0.1) is 19.9 Å². The molecule has 1 aromatic carbocycles. The number of hydrogen-bond donors (Lipinski definition) is 0. The number of allylic oxidation sites excluding steroid dienone is 4. The second kappa shape index (κ2) is 15.4. The Morgan fingerprint density at radius 2 is 1.48 bits per heavy atom. The van der Waals surface area contributed by atoms with E-state index >= 15 is 0 Å². The van der Waals surface area contributed by atoms with Crippen molar-refractivity contribution < 1.29 is 58.9 Å². The molecule has 1 unspecified atom stereocenters. The first kappa shape index (κ1) is 32.2. The third-order valence-electron chi connectivity index (χ3n) is 5.21. The van der Waals surface area contributed by atoms with Crippen LogP contribution in [0.3, 0.4) is 0 Å². The summed E-state index contributed by atoms with van der Waals surface area (Å²) in [4.78, 5) is 0. The van der Waals surface area contributed by atoms with E-state index in [-0.39, 0.29) is 58.9 Å². The zero-order valence-electron chi connectivity index (χ0n) is 17.4. The van der Waals surface area contributed by atoms with E-state index in [1.165, 1.54) is 49.3 Å². The molecular weight excluding hydrogens is 447 g/mol. The molecule has 1 aliphatic rings. The molecule has 1 aliphatic carbocycles. The monoisotopic (exact) mass is 478 g/mol. The molecule has 0 nitrogen and oxygen atoms in total. The van der Waals surface area contributed by atoms with E-state index in [9.17, 15) is 0 Å². The Morgan fingerprint density at radius 3 is 2.00 bits per heavy atom. The second-order valence-electron chi connectivity index (χ2n) is 7.39. The van der Waals surface area contributed by atoms with E-state index < -0.39 is 8.07 Å². The number of benzene rings is 1. The van der Waals surface area contributed by atoms with E-state index in [1.54, 1.807) is 16.0 Å². The van der Waals surface area contributed by atoms with Gasteiger partial charge in [0.2, 0.25) is 0 Å². The minimum Gasteiger partial charge on any atom is -1.00 e. The number of aryl methyl sites for hydroxylation is 2. The van der Waals surface area contributed by atoms with Crippen molar-refractivity contribution in [2.24, 2.45) is 0 Å². The third kappa shape index (κ3) is 8.41. The number of rotatable bonds is 8. The van der Waals surface area contributed by atoms with Gasteiger partial charge in [-0.2, -0.15) is 11.3 Å². The quantitative estimate of drug-likeness (QED) is 0.279. The van der Waals surface area contributed by atoms with Crippen molar-refractivity contribution in [1.29, 1.82) is 0 Å². The SMILES string of the molecule is CCCCC1=[C-]CC=C1[Si](C)(CCCC)c1cc(C)cc(C)c1.[Cl-].[Cl-].[Cl-].[Ti+4]. The first-order valence-corrected chi connectivity index (χ1v) is 12.1. The van der Waals surface area contributed by atoms with Crippen LogP contribution in [0.15, 0.2) is 35.0 Å². The Kier molecular flexibility index (Phi) is 18.3. The predicted octanol–water partition coefficient (Wildman–Crippen LogP) is -2.81. The van der Waals surface area contributed by atoms with Gasteiger partial charge in [0.1, 0.15) is 0 Å². The predicted molar refractivity (Wildman–Crippen MR) is 106 cm³/mol. The molecule has 0 radical (unpaired) electrons. The first-order chi connectivity index (χ1) is 11.0. The van der Waals surface area contributed by atoms with Crippen LogP contribution in [-0.2, 0) is 21.7 Å². The third-order valence-corrected chi connectivity index (χ3v) is 9.82. The molecule has 1 aromatic rings. The van der Waals surface area contributed by atoms with Crippen LogP contribution in [0.2, 0.25) is 12.6 Å². The van der Waals surface area contributed by atoms with E-state index in [0.717, 1.165) is 6.42 Å². The molecule has 0 saturated heterocycles. The Labute approximate surface area is 202 Å². The number of halogens is 3. The summed E-state index contributed by atoms with van der Waals surface area (Å²) in [5.74, 6) is 0.